The number of fused-ring (bicyclic) bond motifs is 6. The molecule has 0 heterocycles. The van der Waals surface area contributed by atoms with Gasteiger partial charge < -0.3 is 29.2 Å². The first kappa shape index (κ1) is 35.6. The fraction of sp³-hybridized carbons (Fsp3) is 0.550. The Bertz CT molecular complexity index is 1390. The molecule has 6 heteroatoms. The van der Waals surface area contributed by atoms with E-state index < -0.39 is 0 Å². The van der Waals surface area contributed by atoms with E-state index in [1.165, 1.54) is 0 Å². The number of rotatable bonds is 22. The van der Waals surface area contributed by atoms with E-state index in [0.29, 0.717) is 37.9 Å². The van der Waals surface area contributed by atoms with Gasteiger partial charge in [0.15, 0.2) is 11.5 Å². The lowest BCUT2D eigenvalue weighted by Crippen LogP contribution is -2.04. The molecule has 0 aliphatic rings. The summed E-state index contributed by atoms with van der Waals surface area (Å²) in [7, 11) is 0. The predicted molar refractivity (Wildman–Crippen MR) is 191 cm³/mol. The zero-order chi connectivity index (χ0) is 32.7. The van der Waals surface area contributed by atoms with Crippen molar-refractivity contribution >= 4 is 32.3 Å². The van der Waals surface area contributed by atoms with Gasteiger partial charge in [-0.3, -0.25) is 0 Å². The summed E-state index contributed by atoms with van der Waals surface area (Å²) >= 11 is 0. The summed E-state index contributed by atoms with van der Waals surface area (Å²) in [5, 5.41) is 27.0. The SMILES string of the molecule is CCCCCOc1cc2c(cc1CO)c1cc(OCCCCC)c(OCCCCC)cc1c1cc(CO)c(OCCCCC)cc12. The second kappa shape index (κ2) is 18.8. The van der Waals surface area contributed by atoms with Crippen LogP contribution in [0.4, 0.5) is 0 Å². The van der Waals surface area contributed by atoms with Crippen molar-refractivity contribution in [3.63, 3.8) is 0 Å². The number of hydrogen-bond acceptors (Lipinski definition) is 6. The van der Waals surface area contributed by atoms with E-state index in [4.69, 9.17) is 18.9 Å². The van der Waals surface area contributed by atoms with E-state index in [9.17, 15) is 10.2 Å². The van der Waals surface area contributed by atoms with Gasteiger partial charge in [0.2, 0.25) is 0 Å². The van der Waals surface area contributed by atoms with E-state index in [0.717, 1.165) is 132 Å². The zero-order valence-electron chi connectivity index (χ0n) is 28.7. The molecule has 0 aliphatic carbocycles. The Kier molecular flexibility index (Phi) is 14.6. The maximum absolute atomic E-state index is 10.5. The van der Waals surface area contributed by atoms with Crippen LogP contribution in [0.2, 0.25) is 0 Å². The minimum atomic E-state index is -0.118. The molecule has 0 atom stereocenters. The van der Waals surface area contributed by atoms with Crippen LogP contribution in [0, 0.1) is 0 Å². The largest absolute Gasteiger partial charge is 0.493 e. The zero-order valence-corrected chi connectivity index (χ0v) is 28.7. The van der Waals surface area contributed by atoms with Crippen LogP contribution >= 0.6 is 0 Å². The fourth-order valence-electron chi connectivity index (χ4n) is 6.02. The van der Waals surface area contributed by atoms with Crippen LogP contribution in [0.3, 0.4) is 0 Å². The van der Waals surface area contributed by atoms with E-state index in [2.05, 4.69) is 64.1 Å². The number of benzene rings is 4. The molecule has 6 nitrogen and oxygen atoms in total. The molecule has 0 radical (unpaired) electrons. The maximum Gasteiger partial charge on any atom is 0.161 e. The maximum atomic E-state index is 10.5. The van der Waals surface area contributed by atoms with E-state index >= 15 is 0 Å². The molecule has 46 heavy (non-hydrogen) atoms. The first-order chi connectivity index (χ1) is 22.6. The Morgan fingerprint density at radius 2 is 0.630 bits per heavy atom. The second-order valence-electron chi connectivity index (χ2n) is 12.4. The highest BCUT2D eigenvalue weighted by molar-refractivity contribution is 6.26. The van der Waals surface area contributed by atoms with Crippen LogP contribution in [0.15, 0.2) is 36.4 Å². The van der Waals surface area contributed by atoms with Crippen LogP contribution in [-0.4, -0.2) is 36.6 Å². The number of hydrogen-bond donors (Lipinski definition) is 2. The third-order valence-corrected chi connectivity index (χ3v) is 8.72. The topological polar surface area (TPSA) is 77.4 Å². The van der Waals surface area contributed by atoms with Crippen molar-refractivity contribution in [3.05, 3.63) is 47.5 Å². The molecule has 0 amide bonds. The summed E-state index contributed by atoms with van der Waals surface area (Å²) in [5.41, 5.74) is 1.52. The van der Waals surface area contributed by atoms with Gasteiger partial charge in [-0.15, -0.1) is 0 Å². The van der Waals surface area contributed by atoms with Gasteiger partial charge in [-0.25, -0.2) is 0 Å². The number of unbranched alkanes of at least 4 members (excludes halogenated alkanes) is 8. The molecule has 4 aromatic carbocycles. The highest BCUT2D eigenvalue weighted by Gasteiger charge is 2.19. The number of aliphatic hydroxyl groups excluding tert-OH is 2. The van der Waals surface area contributed by atoms with Crippen LogP contribution in [0.1, 0.15) is 116 Å². The van der Waals surface area contributed by atoms with Crippen molar-refractivity contribution < 1.29 is 29.2 Å². The van der Waals surface area contributed by atoms with E-state index in [1.807, 2.05) is 0 Å². The average Bonchev–Trinajstić information content (AvgIpc) is 3.08. The third-order valence-electron chi connectivity index (χ3n) is 8.72. The van der Waals surface area contributed by atoms with Crippen molar-refractivity contribution in [2.75, 3.05) is 26.4 Å². The highest BCUT2D eigenvalue weighted by atomic mass is 16.5. The van der Waals surface area contributed by atoms with Crippen LogP contribution in [0.5, 0.6) is 23.0 Å². The van der Waals surface area contributed by atoms with Crippen molar-refractivity contribution in [3.8, 4) is 23.0 Å². The summed E-state index contributed by atoms with van der Waals surface area (Å²) in [6.07, 6.45) is 12.8. The van der Waals surface area contributed by atoms with Crippen molar-refractivity contribution in [1.29, 1.82) is 0 Å². The summed E-state index contributed by atoms with van der Waals surface area (Å²) in [4.78, 5) is 0. The van der Waals surface area contributed by atoms with Gasteiger partial charge in [0.1, 0.15) is 11.5 Å². The lowest BCUT2D eigenvalue weighted by molar-refractivity contribution is 0.260. The summed E-state index contributed by atoms with van der Waals surface area (Å²) in [5.74, 6) is 2.89. The van der Waals surface area contributed by atoms with E-state index in [-0.39, 0.29) is 13.2 Å². The Labute approximate surface area is 276 Å². The molecule has 0 aromatic heterocycles. The predicted octanol–water partition coefficient (Wildman–Crippen LogP) is 10.4. The Morgan fingerprint density at radius 3 is 0.913 bits per heavy atom. The molecule has 0 bridgehead atoms. The number of ether oxygens (including phenoxy) is 4. The molecule has 0 spiro atoms. The molecular formula is C40H56O6. The fourth-order valence-corrected chi connectivity index (χ4v) is 6.02. The Hall–Kier alpha value is -3.22. The Balaban J connectivity index is 1.96. The van der Waals surface area contributed by atoms with Crippen molar-refractivity contribution in [2.24, 2.45) is 0 Å². The van der Waals surface area contributed by atoms with Gasteiger partial charge in [-0.1, -0.05) is 79.1 Å². The molecule has 0 fully saturated rings. The van der Waals surface area contributed by atoms with Crippen molar-refractivity contribution in [1.82, 2.24) is 0 Å². The van der Waals surface area contributed by atoms with Crippen molar-refractivity contribution in [2.45, 2.75) is 118 Å². The summed E-state index contributed by atoms with van der Waals surface area (Å²) in [6, 6.07) is 12.5. The van der Waals surface area contributed by atoms with Crippen LogP contribution in [0.25, 0.3) is 32.3 Å². The standard InChI is InChI=1S/C40H56O6/c1-5-9-13-17-43-37-23-33-31(21-29(37)27-41)35-25-39(45-19-15-11-7-3)40(46-20-16-12-8-4)26-36(35)32-22-30(28-42)38(24-34(32)33)44-18-14-10-6-2/h21-26,41-42H,5-20,27-28H2,1-4H3. The van der Waals surface area contributed by atoms with Gasteiger partial charge in [-0.05, 0) is 94.4 Å². The van der Waals surface area contributed by atoms with Crippen LogP contribution < -0.4 is 18.9 Å². The monoisotopic (exact) mass is 632 g/mol. The molecule has 0 aliphatic heterocycles. The smallest absolute Gasteiger partial charge is 0.161 e. The number of aliphatic hydroxyl groups is 2. The first-order valence-electron chi connectivity index (χ1n) is 17.9. The molecule has 2 N–H and O–H groups in total. The highest BCUT2D eigenvalue weighted by Crippen LogP contribution is 2.44. The molecular weight excluding hydrogens is 576 g/mol. The summed E-state index contributed by atoms with van der Waals surface area (Å²) < 4.78 is 25.3. The van der Waals surface area contributed by atoms with Gasteiger partial charge >= 0.3 is 0 Å². The van der Waals surface area contributed by atoms with Gasteiger partial charge in [0, 0.05) is 11.1 Å². The molecule has 0 saturated carbocycles. The average molecular weight is 633 g/mol. The first-order valence-corrected chi connectivity index (χ1v) is 17.9. The normalized spacial score (nSPS) is 11.5. The molecule has 0 unspecified atom stereocenters. The summed E-state index contributed by atoms with van der Waals surface area (Å²) in [6.45, 7) is 11.0. The van der Waals surface area contributed by atoms with E-state index in [1.54, 1.807) is 0 Å². The minimum Gasteiger partial charge on any atom is -0.493 e. The quantitative estimate of drug-likeness (QED) is 0.0663. The molecule has 4 rings (SSSR count). The third kappa shape index (κ3) is 8.98. The molecule has 252 valence electrons. The van der Waals surface area contributed by atoms with Gasteiger partial charge in [0.05, 0.1) is 39.6 Å². The minimum absolute atomic E-state index is 0.118. The van der Waals surface area contributed by atoms with Gasteiger partial charge in [0.25, 0.3) is 0 Å². The van der Waals surface area contributed by atoms with Crippen LogP contribution in [-0.2, 0) is 13.2 Å². The molecule has 4 aromatic rings. The lowest BCUT2D eigenvalue weighted by atomic mass is 9.91. The lowest BCUT2D eigenvalue weighted by Gasteiger charge is -2.20. The Morgan fingerprint density at radius 1 is 0.370 bits per heavy atom. The molecule has 0 saturated heterocycles. The second-order valence-corrected chi connectivity index (χ2v) is 12.4. The van der Waals surface area contributed by atoms with Gasteiger partial charge in [-0.2, -0.15) is 0 Å².